The highest BCUT2D eigenvalue weighted by Gasteiger charge is 2.15. The average molecular weight is 252 g/mol. The molecule has 4 N–H and O–H groups in total. The molecule has 18 heavy (non-hydrogen) atoms. The molecule has 0 aliphatic carbocycles. The molecule has 2 amide bonds. The van der Waals surface area contributed by atoms with Gasteiger partial charge in [-0.1, -0.05) is 0 Å². The molecule has 1 aromatic rings. The van der Waals surface area contributed by atoms with Crippen LogP contribution in [-0.2, 0) is 16.1 Å². The summed E-state index contributed by atoms with van der Waals surface area (Å²) >= 11 is 0. The van der Waals surface area contributed by atoms with Crippen molar-refractivity contribution in [1.29, 1.82) is 0 Å². The zero-order chi connectivity index (χ0) is 13.5. The van der Waals surface area contributed by atoms with E-state index in [1.54, 1.807) is 6.20 Å². The van der Waals surface area contributed by atoms with Gasteiger partial charge >= 0.3 is 0 Å². The Labute approximate surface area is 106 Å². The Bertz CT molecular complexity index is 414. The van der Waals surface area contributed by atoms with Crippen molar-refractivity contribution in [2.75, 3.05) is 0 Å². The number of hydrogen-bond acceptors (Lipinski definition) is 3. The van der Waals surface area contributed by atoms with Gasteiger partial charge in [0.05, 0.1) is 0 Å². The maximum Gasteiger partial charge on any atom is 0.220 e. The van der Waals surface area contributed by atoms with Gasteiger partial charge < -0.3 is 16.0 Å². The molecule has 1 aromatic heterocycles. The molecule has 0 saturated heterocycles. The van der Waals surface area contributed by atoms with Crippen molar-refractivity contribution in [3.8, 4) is 0 Å². The lowest BCUT2D eigenvalue weighted by Crippen LogP contribution is -2.25. The second-order valence-electron chi connectivity index (χ2n) is 4.41. The number of aryl methyl sites for hydroxylation is 2. The quantitative estimate of drug-likeness (QED) is 0.697. The van der Waals surface area contributed by atoms with Crippen LogP contribution in [0.15, 0.2) is 12.4 Å². The Balaban J connectivity index is 2.41. The molecule has 0 aliphatic heterocycles. The van der Waals surface area contributed by atoms with Crippen LogP contribution in [0, 0.1) is 12.8 Å². The van der Waals surface area contributed by atoms with Crippen molar-refractivity contribution in [3.63, 3.8) is 0 Å². The molecule has 0 radical (unpaired) electrons. The number of aromatic nitrogens is 2. The predicted octanol–water partition coefficient (Wildman–Crippen LogP) is 0.339. The van der Waals surface area contributed by atoms with E-state index in [9.17, 15) is 9.59 Å². The zero-order valence-corrected chi connectivity index (χ0v) is 10.6. The lowest BCUT2D eigenvalue weighted by molar-refractivity contribution is -0.123. The van der Waals surface area contributed by atoms with Gasteiger partial charge in [-0.15, -0.1) is 0 Å². The first kappa shape index (κ1) is 14.2. The maximum absolute atomic E-state index is 11.3. The second-order valence-corrected chi connectivity index (χ2v) is 4.41. The molecule has 6 heteroatoms. The van der Waals surface area contributed by atoms with E-state index in [-0.39, 0.29) is 17.7 Å². The Morgan fingerprint density at radius 3 is 2.61 bits per heavy atom. The molecule has 1 atom stereocenters. The van der Waals surface area contributed by atoms with Crippen molar-refractivity contribution < 1.29 is 9.59 Å². The Morgan fingerprint density at radius 2 is 2.11 bits per heavy atom. The first-order valence-electron chi connectivity index (χ1n) is 6.06. The summed E-state index contributed by atoms with van der Waals surface area (Å²) in [6.45, 7) is 2.61. The fourth-order valence-corrected chi connectivity index (χ4v) is 1.89. The SMILES string of the molecule is Cc1nccn1CCC(CCCC(N)=O)C(N)=O. The first-order valence-corrected chi connectivity index (χ1v) is 6.06. The van der Waals surface area contributed by atoms with Gasteiger partial charge in [-0.2, -0.15) is 0 Å². The maximum atomic E-state index is 11.3. The van der Waals surface area contributed by atoms with Gasteiger partial charge in [0, 0.05) is 31.3 Å². The van der Waals surface area contributed by atoms with Crippen LogP contribution in [0.1, 0.15) is 31.5 Å². The molecule has 0 fully saturated rings. The van der Waals surface area contributed by atoms with E-state index in [0.29, 0.717) is 32.2 Å². The van der Waals surface area contributed by atoms with Crippen LogP contribution in [0.2, 0.25) is 0 Å². The molecular weight excluding hydrogens is 232 g/mol. The highest BCUT2D eigenvalue weighted by atomic mass is 16.1. The van der Waals surface area contributed by atoms with E-state index in [4.69, 9.17) is 11.5 Å². The van der Waals surface area contributed by atoms with Gasteiger partial charge in [0.15, 0.2) is 0 Å². The molecular formula is C12H20N4O2. The summed E-state index contributed by atoms with van der Waals surface area (Å²) in [6, 6.07) is 0. The normalized spacial score (nSPS) is 12.3. The fraction of sp³-hybridized carbons (Fsp3) is 0.583. The van der Waals surface area contributed by atoms with Crippen LogP contribution >= 0.6 is 0 Å². The van der Waals surface area contributed by atoms with Crippen LogP contribution in [0.4, 0.5) is 0 Å². The van der Waals surface area contributed by atoms with Crippen LogP contribution in [0.25, 0.3) is 0 Å². The lowest BCUT2D eigenvalue weighted by Gasteiger charge is -2.13. The minimum atomic E-state index is -0.344. The van der Waals surface area contributed by atoms with E-state index >= 15 is 0 Å². The molecule has 0 spiro atoms. The number of carbonyl (C=O) groups excluding carboxylic acids is 2. The van der Waals surface area contributed by atoms with Crippen molar-refractivity contribution in [3.05, 3.63) is 18.2 Å². The van der Waals surface area contributed by atoms with Crippen molar-refractivity contribution in [2.45, 2.75) is 39.2 Å². The second kappa shape index (κ2) is 6.78. The highest BCUT2D eigenvalue weighted by Crippen LogP contribution is 2.14. The van der Waals surface area contributed by atoms with E-state index in [0.717, 1.165) is 5.82 Å². The van der Waals surface area contributed by atoms with Gasteiger partial charge in [-0.3, -0.25) is 9.59 Å². The van der Waals surface area contributed by atoms with Crippen LogP contribution in [0.3, 0.4) is 0 Å². The number of carbonyl (C=O) groups is 2. The molecule has 0 saturated carbocycles. The summed E-state index contributed by atoms with van der Waals surface area (Å²) in [6.07, 6.45) is 5.76. The van der Waals surface area contributed by atoms with Gasteiger partial charge in [0.25, 0.3) is 0 Å². The Hall–Kier alpha value is -1.85. The van der Waals surface area contributed by atoms with Crippen LogP contribution in [-0.4, -0.2) is 21.4 Å². The molecule has 100 valence electrons. The van der Waals surface area contributed by atoms with Gasteiger partial charge in [0.2, 0.25) is 11.8 Å². The van der Waals surface area contributed by atoms with E-state index in [2.05, 4.69) is 4.98 Å². The standard InChI is InChI=1S/C12H20N4O2/c1-9-15-6-8-16(9)7-5-10(12(14)18)3-2-4-11(13)17/h6,8,10H,2-5,7H2,1H3,(H2,13,17)(H2,14,18). The summed E-state index contributed by atoms with van der Waals surface area (Å²) in [4.78, 5) is 26.0. The van der Waals surface area contributed by atoms with Crippen LogP contribution < -0.4 is 11.5 Å². The molecule has 6 nitrogen and oxygen atoms in total. The van der Waals surface area contributed by atoms with Crippen molar-refractivity contribution in [1.82, 2.24) is 9.55 Å². The minimum Gasteiger partial charge on any atom is -0.370 e. The smallest absolute Gasteiger partial charge is 0.220 e. The van der Waals surface area contributed by atoms with E-state index in [1.807, 2.05) is 17.7 Å². The molecule has 0 aromatic carbocycles. The number of rotatable bonds is 8. The highest BCUT2D eigenvalue weighted by molar-refractivity contribution is 5.77. The molecule has 0 aliphatic rings. The Morgan fingerprint density at radius 1 is 1.39 bits per heavy atom. The topological polar surface area (TPSA) is 104 Å². The number of primary amides is 2. The van der Waals surface area contributed by atoms with Gasteiger partial charge in [-0.05, 0) is 26.2 Å². The number of nitrogens with two attached hydrogens (primary N) is 2. The average Bonchev–Trinajstić information content (AvgIpc) is 2.68. The summed E-state index contributed by atoms with van der Waals surface area (Å²) in [7, 11) is 0. The fourth-order valence-electron chi connectivity index (χ4n) is 1.89. The van der Waals surface area contributed by atoms with E-state index < -0.39 is 0 Å². The largest absolute Gasteiger partial charge is 0.370 e. The Kier molecular flexibility index (Phi) is 5.35. The third kappa shape index (κ3) is 4.57. The summed E-state index contributed by atoms with van der Waals surface area (Å²) in [5.41, 5.74) is 10.4. The van der Waals surface area contributed by atoms with Crippen molar-refractivity contribution in [2.24, 2.45) is 17.4 Å². The lowest BCUT2D eigenvalue weighted by atomic mass is 9.97. The number of amides is 2. The molecule has 1 heterocycles. The van der Waals surface area contributed by atoms with Gasteiger partial charge in [-0.25, -0.2) is 4.98 Å². The number of hydrogen-bond donors (Lipinski definition) is 2. The number of nitrogens with zero attached hydrogens (tertiary/aromatic N) is 2. The first-order chi connectivity index (χ1) is 8.50. The monoisotopic (exact) mass is 252 g/mol. The third-order valence-corrected chi connectivity index (χ3v) is 3.02. The summed E-state index contributed by atoms with van der Waals surface area (Å²) in [5.74, 6) is 0.0300. The zero-order valence-electron chi connectivity index (χ0n) is 10.6. The predicted molar refractivity (Wildman–Crippen MR) is 67.3 cm³/mol. The third-order valence-electron chi connectivity index (χ3n) is 3.02. The minimum absolute atomic E-state index is 0.217. The number of imidazole rings is 1. The molecule has 0 bridgehead atoms. The summed E-state index contributed by atoms with van der Waals surface area (Å²) in [5, 5.41) is 0. The molecule has 1 rings (SSSR count). The van der Waals surface area contributed by atoms with Crippen LogP contribution in [0.5, 0.6) is 0 Å². The summed E-state index contributed by atoms with van der Waals surface area (Å²) < 4.78 is 1.98. The molecule has 1 unspecified atom stereocenters. The van der Waals surface area contributed by atoms with Gasteiger partial charge in [0.1, 0.15) is 5.82 Å². The van der Waals surface area contributed by atoms with E-state index in [1.165, 1.54) is 0 Å². The van der Waals surface area contributed by atoms with Crippen molar-refractivity contribution >= 4 is 11.8 Å².